The minimum absolute atomic E-state index is 0.0947. The maximum atomic E-state index is 12.9. The van der Waals surface area contributed by atoms with Gasteiger partial charge in [0.25, 0.3) is 5.91 Å². The number of nitrogens with zero attached hydrogens (tertiary/aromatic N) is 3. The van der Waals surface area contributed by atoms with Crippen LogP contribution < -0.4 is 5.73 Å². The molecule has 2 aromatic carbocycles. The number of hydrogen-bond acceptors (Lipinski definition) is 4. The van der Waals surface area contributed by atoms with Crippen molar-refractivity contribution in [2.75, 3.05) is 18.8 Å². The highest BCUT2D eigenvalue weighted by Gasteiger charge is 2.25. The molecule has 0 saturated carbocycles. The Labute approximate surface area is 165 Å². The van der Waals surface area contributed by atoms with Gasteiger partial charge in [0.05, 0.1) is 5.69 Å². The maximum Gasteiger partial charge on any atom is 0.253 e. The number of aryl methyl sites for hydroxylation is 1. The molecule has 28 heavy (non-hydrogen) atoms. The third-order valence-electron chi connectivity index (χ3n) is 5.42. The molecule has 5 heteroatoms. The van der Waals surface area contributed by atoms with E-state index in [2.05, 4.69) is 41.4 Å². The van der Waals surface area contributed by atoms with E-state index in [9.17, 15) is 4.79 Å². The molecular weight excluding hydrogens is 348 g/mol. The Morgan fingerprint density at radius 3 is 2.07 bits per heavy atom. The second-order valence-electron chi connectivity index (χ2n) is 7.39. The topological polar surface area (TPSA) is 72.1 Å². The molecule has 1 fully saturated rings. The van der Waals surface area contributed by atoms with Gasteiger partial charge < -0.3 is 10.6 Å². The van der Waals surface area contributed by atoms with E-state index < -0.39 is 0 Å². The van der Waals surface area contributed by atoms with E-state index >= 15 is 0 Å². The van der Waals surface area contributed by atoms with Crippen LogP contribution in [0.15, 0.2) is 60.7 Å². The van der Waals surface area contributed by atoms with Crippen LogP contribution in [-0.4, -0.2) is 34.1 Å². The van der Waals surface area contributed by atoms with E-state index in [1.54, 1.807) is 6.07 Å². The van der Waals surface area contributed by atoms with Crippen LogP contribution in [0, 0.1) is 6.92 Å². The Morgan fingerprint density at radius 2 is 1.50 bits per heavy atom. The molecule has 0 unspecified atom stereocenters. The predicted octanol–water partition coefficient (Wildman–Crippen LogP) is 4.05. The van der Waals surface area contributed by atoms with Gasteiger partial charge >= 0.3 is 0 Å². The molecule has 1 aliphatic rings. The lowest BCUT2D eigenvalue weighted by atomic mass is 9.93. The molecule has 3 aromatic rings. The third kappa shape index (κ3) is 3.88. The van der Waals surface area contributed by atoms with Crippen LogP contribution in [0.1, 0.15) is 40.4 Å². The number of piperidine rings is 1. The first-order chi connectivity index (χ1) is 13.6. The smallest absolute Gasteiger partial charge is 0.253 e. The third-order valence-corrected chi connectivity index (χ3v) is 5.42. The van der Waals surface area contributed by atoms with Crippen LogP contribution in [0.3, 0.4) is 0 Å². The number of amides is 1. The molecule has 1 saturated heterocycles. The molecule has 1 amide bonds. The standard InChI is InChI=1S/C23H24N4O/c1-16-2-4-17(5-3-16)18-6-8-20(9-7-18)23(28)27-14-12-19(13-15-27)21-10-11-22(24)26-25-21/h2-11,19H,12-15H2,1H3,(H2,24,26). The summed E-state index contributed by atoms with van der Waals surface area (Å²) in [6.45, 7) is 3.54. The van der Waals surface area contributed by atoms with Gasteiger partial charge in [-0.1, -0.05) is 42.0 Å². The summed E-state index contributed by atoms with van der Waals surface area (Å²) in [5.74, 6) is 0.865. The molecule has 0 aliphatic carbocycles. The number of nitrogen functional groups attached to an aromatic ring is 1. The Morgan fingerprint density at radius 1 is 0.893 bits per heavy atom. The second kappa shape index (κ2) is 7.80. The summed E-state index contributed by atoms with van der Waals surface area (Å²) >= 11 is 0. The average Bonchev–Trinajstić information content (AvgIpc) is 2.75. The number of benzene rings is 2. The van der Waals surface area contributed by atoms with E-state index in [4.69, 9.17) is 5.73 Å². The number of aromatic nitrogens is 2. The molecule has 1 aliphatic heterocycles. The normalized spacial score (nSPS) is 14.8. The highest BCUT2D eigenvalue weighted by Crippen LogP contribution is 2.28. The van der Waals surface area contributed by atoms with Gasteiger partial charge in [0.1, 0.15) is 5.82 Å². The Balaban J connectivity index is 1.39. The first-order valence-electron chi connectivity index (χ1n) is 9.65. The molecule has 2 heterocycles. The number of likely N-dealkylation sites (tertiary alicyclic amines) is 1. The highest BCUT2D eigenvalue weighted by atomic mass is 16.2. The number of anilines is 1. The number of rotatable bonds is 3. The lowest BCUT2D eigenvalue weighted by Crippen LogP contribution is -2.38. The summed E-state index contributed by atoms with van der Waals surface area (Å²) in [5.41, 5.74) is 10.8. The molecule has 0 radical (unpaired) electrons. The summed E-state index contributed by atoms with van der Waals surface area (Å²) < 4.78 is 0. The van der Waals surface area contributed by atoms with Gasteiger partial charge in [0.15, 0.2) is 0 Å². The number of carbonyl (C=O) groups excluding carboxylic acids is 1. The van der Waals surface area contributed by atoms with Crippen molar-refractivity contribution >= 4 is 11.7 Å². The van der Waals surface area contributed by atoms with E-state index in [0.29, 0.717) is 11.7 Å². The quantitative estimate of drug-likeness (QED) is 0.753. The number of hydrogen-bond donors (Lipinski definition) is 1. The van der Waals surface area contributed by atoms with Crippen LogP contribution in [0.5, 0.6) is 0 Å². The fourth-order valence-corrected chi connectivity index (χ4v) is 3.68. The van der Waals surface area contributed by atoms with Crippen molar-refractivity contribution in [3.05, 3.63) is 77.5 Å². The second-order valence-corrected chi connectivity index (χ2v) is 7.39. The minimum Gasteiger partial charge on any atom is -0.382 e. The minimum atomic E-state index is 0.0947. The van der Waals surface area contributed by atoms with E-state index in [1.165, 1.54) is 5.56 Å². The van der Waals surface area contributed by atoms with E-state index in [0.717, 1.165) is 48.3 Å². The number of nitrogens with two attached hydrogens (primary N) is 1. The van der Waals surface area contributed by atoms with Crippen LogP contribution in [-0.2, 0) is 0 Å². The van der Waals surface area contributed by atoms with Gasteiger partial charge in [0, 0.05) is 24.6 Å². The van der Waals surface area contributed by atoms with Crippen LogP contribution in [0.2, 0.25) is 0 Å². The van der Waals surface area contributed by atoms with Crippen LogP contribution in [0.4, 0.5) is 5.82 Å². The van der Waals surface area contributed by atoms with Gasteiger partial charge in [-0.05, 0) is 55.2 Å². The van der Waals surface area contributed by atoms with Crippen LogP contribution >= 0.6 is 0 Å². The molecule has 4 rings (SSSR count). The van der Waals surface area contributed by atoms with Crippen molar-refractivity contribution in [2.24, 2.45) is 0 Å². The summed E-state index contributed by atoms with van der Waals surface area (Å²) in [7, 11) is 0. The fourth-order valence-electron chi connectivity index (χ4n) is 3.68. The molecule has 0 bridgehead atoms. The first-order valence-corrected chi connectivity index (χ1v) is 9.65. The van der Waals surface area contributed by atoms with Crippen molar-refractivity contribution in [3.63, 3.8) is 0 Å². The molecule has 142 valence electrons. The largest absolute Gasteiger partial charge is 0.382 e. The SMILES string of the molecule is Cc1ccc(-c2ccc(C(=O)N3CCC(c4ccc(N)nn4)CC3)cc2)cc1. The molecule has 1 aromatic heterocycles. The summed E-state index contributed by atoms with van der Waals surface area (Å²) in [6, 6.07) is 20.0. The molecule has 0 atom stereocenters. The lowest BCUT2D eigenvalue weighted by molar-refractivity contribution is 0.0712. The van der Waals surface area contributed by atoms with Gasteiger partial charge in [-0.2, -0.15) is 5.10 Å². The average molecular weight is 372 g/mol. The van der Waals surface area contributed by atoms with E-state index in [1.807, 2.05) is 35.2 Å². The van der Waals surface area contributed by atoms with Crippen molar-refractivity contribution < 1.29 is 4.79 Å². The summed E-state index contributed by atoms with van der Waals surface area (Å²) in [5, 5.41) is 8.14. The molecule has 2 N–H and O–H groups in total. The maximum absolute atomic E-state index is 12.9. The summed E-state index contributed by atoms with van der Waals surface area (Å²) in [6.07, 6.45) is 1.79. The monoisotopic (exact) mass is 372 g/mol. The zero-order valence-electron chi connectivity index (χ0n) is 16.0. The zero-order valence-corrected chi connectivity index (χ0v) is 16.0. The predicted molar refractivity (Wildman–Crippen MR) is 111 cm³/mol. The lowest BCUT2D eigenvalue weighted by Gasteiger charge is -2.31. The number of carbonyl (C=O) groups is 1. The van der Waals surface area contributed by atoms with Crippen LogP contribution in [0.25, 0.3) is 11.1 Å². The van der Waals surface area contributed by atoms with Crippen molar-refractivity contribution in [1.29, 1.82) is 0 Å². The Kier molecular flexibility index (Phi) is 5.06. The van der Waals surface area contributed by atoms with Crippen molar-refractivity contribution in [2.45, 2.75) is 25.7 Å². The van der Waals surface area contributed by atoms with Gasteiger partial charge in [-0.15, -0.1) is 5.10 Å². The Hall–Kier alpha value is -3.21. The highest BCUT2D eigenvalue weighted by molar-refractivity contribution is 5.94. The van der Waals surface area contributed by atoms with Gasteiger partial charge in [-0.3, -0.25) is 4.79 Å². The van der Waals surface area contributed by atoms with Gasteiger partial charge in [-0.25, -0.2) is 0 Å². The van der Waals surface area contributed by atoms with Crippen molar-refractivity contribution in [3.8, 4) is 11.1 Å². The first kappa shape index (κ1) is 18.2. The molecule has 5 nitrogen and oxygen atoms in total. The fraction of sp³-hybridized carbons (Fsp3) is 0.261. The van der Waals surface area contributed by atoms with Crippen molar-refractivity contribution in [1.82, 2.24) is 15.1 Å². The van der Waals surface area contributed by atoms with E-state index in [-0.39, 0.29) is 5.91 Å². The van der Waals surface area contributed by atoms with Gasteiger partial charge in [0.2, 0.25) is 0 Å². The zero-order chi connectivity index (χ0) is 19.5. The summed E-state index contributed by atoms with van der Waals surface area (Å²) in [4.78, 5) is 14.8. The molecule has 0 spiro atoms. The Bertz CT molecular complexity index is 941. The molecular formula is C23H24N4O.